The summed E-state index contributed by atoms with van der Waals surface area (Å²) in [5.41, 5.74) is 0.727. The smallest absolute Gasteiger partial charge is 0.158 e. The Morgan fingerprint density at radius 1 is 1.19 bits per heavy atom. The first-order valence-corrected chi connectivity index (χ1v) is 5.93. The minimum atomic E-state index is -0.424. The zero-order valence-corrected chi connectivity index (χ0v) is 10.5. The molecule has 0 aliphatic carbocycles. The third kappa shape index (κ3) is 6.51. The molecule has 1 N–H and O–H groups in total. The Kier molecular flexibility index (Phi) is 7.73. The van der Waals surface area contributed by atoms with E-state index in [4.69, 9.17) is 5.11 Å². The van der Waals surface area contributed by atoms with E-state index in [0.29, 0.717) is 32.1 Å². The molecule has 0 amide bonds. The number of Topliss-reactive ketones (excluding diaryl/α,β-unsaturated/α-hetero) is 2. The van der Waals surface area contributed by atoms with Crippen molar-refractivity contribution in [3.63, 3.8) is 0 Å². The van der Waals surface area contributed by atoms with E-state index in [1.165, 1.54) is 0 Å². The molecule has 0 bridgehead atoms. The molecule has 0 aromatic heterocycles. The van der Waals surface area contributed by atoms with Crippen molar-refractivity contribution in [1.29, 1.82) is 0 Å². The van der Waals surface area contributed by atoms with E-state index >= 15 is 0 Å². The van der Waals surface area contributed by atoms with Gasteiger partial charge in [-0.3, -0.25) is 9.59 Å². The van der Waals surface area contributed by atoms with Crippen molar-refractivity contribution < 1.29 is 14.7 Å². The lowest BCUT2D eigenvalue weighted by Crippen LogP contribution is -2.07. The Labute approximate surface area is 97.5 Å². The molecule has 0 unspecified atom stereocenters. The fraction of sp³-hybridized carbons (Fsp3) is 0.692. The summed E-state index contributed by atoms with van der Waals surface area (Å²) in [6.07, 6.45) is 3.64. The molecule has 0 saturated heterocycles. The van der Waals surface area contributed by atoms with Crippen LogP contribution in [0.25, 0.3) is 0 Å². The number of allylic oxidation sites excluding steroid dienone is 1. The van der Waals surface area contributed by atoms with Crippen molar-refractivity contribution in [2.75, 3.05) is 0 Å². The zero-order chi connectivity index (χ0) is 12.6. The molecule has 92 valence electrons. The van der Waals surface area contributed by atoms with E-state index in [0.717, 1.165) is 5.57 Å². The number of hydrogen-bond donors (Lipinski definition) is 1. The number of hydrogen-bond acceptors (Lipinski definition) is 3. The Morgan fingerprint density at radius 2 is 1.81 bits per heavy atom. The summed E-state index contributed by atoms with van der Waals surface area (Å²) < 4.78 is 0. The van der Waals surface area contributed by atoms with Crippen LogP contribution in [0.3, 0.4) is 0 Å². The molecular formula is C13H22O3. The van der Waals surface area contributed by atoms with Crippen LogP contribution in [0.15, 0.2) is 11.6 Å². The Morgan fingerprint density at radius 3 is 2.25 bits per heavy atom. The topological polar surface area (TPSA) is 54.4 Å². The Hall–Kier alpha value is -0.960. The summed E-state index contributed by atoms with van der Waals surface area (Å²) in [6, 6.07) is 0. The van der Waals surface area contributed by atoms with Gasteiger partial charge in [-0.25, -0.2) is 0 Å². The summed E-state index contributed by atoms with van der Waals surface area (Å²) in [4.78, 5) is 22.8. The average molecular weight is 226 g/mol. The first-order chi connectivity index (χ1) is 7.51. The molecule has 3 heteroatoms. The standard InChI is InChI=1S/C13H22O3/c1-4-11(7-6-10(3)14)13(16)9-8-12(15)5-2/h7,10,14H,4-6,8-9H2,1-3H3/b11-7+/t10-/m0/s1. The van der Waals surface area contributed by atoms with Gasteiger partial charge < -0.3 is 5.11 Å². The van der Waals surface area contributed by atoms with Crippen LogP contribution in [0.2, 0.25) is 0 Å². The van der Waals surface area contributed by atoms with Crippen LogP contribution in [0.1, 0.15) is 52.9 Å². The molecular weight excluding hydrogens is 204 g/mol. The number of aliphatic hydroxyl groups is 1. The molecule has 0 rings (SSSR count). The number of ketones is 2. The summed E-state index contributed by atoms with van der Waals surface area (Å²) in [5.74, 6) is 0.157. The molecule has 1 atom stereocenters. The molecule has 0 spiro atoms. The molecule has 0 aliphatic rings. The SMILES string of the molecule is CCC(=O)CCC(=O)/C(=C/C[C@H](C)O)CC. The van der Waals surface area contributed by atoms with Gasteiger partial charge in [0.15, 0.2) is 5.78 Å². The van der Waals surface area contributed by atoms with Gasteiger partial charge in [-0.15, -0.1) is 0 Å². The predicted octanol–water partition coefficient (Wildman–Crippen LogP) is 2.42. The first-order valence-electron chi connectivity index (χ1n) is 5.93. The van der Waals surface area contributed by atoms with E-state index < -0.39 is 6.10 Å². The van der Waals surface area contributed by atoms with Crippen molar-refractivity contribution in [2.24, 2.45) is 0 Å². The van der Waals surface area contributed by atoms with Crippen LogP contribution < -0.4 is 0 Å². The fourth-order valence-corrected chi connectivity index (χ4v) is 1.36. The third-order valence-electron chi connectivity index (χ3n) is 2.47. The lowest BCUT2D eigenvalue weighted by Gasteiger charge is -2.05. The largest absolute Gasteiger partial charge is 0.393 e. The van der Waals surface area contributed by atoms with Crippen molar-refractivity contribution in [2.45, 2.75) is 59.0 Å². The van der Waals surface area contributed by atoms with Crippen LogP contribution in [0.4, 0.5) is 0 Å². The second-order valence-corrected chi connectivity index (χ2v) is 3.98. The number of carbonyl (C=O) groups is 2. The second-order valence-electron chi connectivity index (χ2n) is 3.98. The summed E-state index contributed by atoms with van der Waals surface area (Å²) >= 11 is 0. The molecule has 16 heavy (non-hydrogen) atoms. The van der Waals surface area contributed by atoms with Gasteiger partial charge in [0.05, 0.1) is 6.10 Å². The van der Waals surface area contributed by atoms with E-state index in [-0.39, 0.29) is 11.6 Å². The number of carbonyl (C=O) groups excluding carboxylic acids is 2. The molecule has 0 heterocycles. The van der Waals surface area contributed by atoms with Crippen molar-refractivity contribution in [3.8, 4) is 0 Å². The van der Waals surface area contributed by atoms with Crippen LogP contribution in [0, 0.1) is 0 Å². The van der Waals surface area contributed by atoms with Gasteiger partial charge in [-0.05, 0) is 25.3 Å². The predicted molar refractivity (Wildman–Crippen MR) is 64.2 cm³/mol. The highest BCUT2D eigenvalue weighted by Crippen LogP contribution is 2.10. The minimum Gasteiger partial charge on any atom is -0.393 e. The van der Waals surface area contributed by atoms with E-state index in [2.05, 4.69) is 0 Å². The van der Waals surface area contributed by atoms with Gasteiger partial charge in [0.1, 0.15) is 5.78 Å². The van der Waals surface area contributed by atoms with Gasteiger partial charge in [-0.2, -0.15) is 0 Å². The number of aliphatic hydroxyl groups excluding tert-OH is 1. The van der Waals surface area contributed by atoms with Crippen LogP contribution >= 0.6 is 0 Å². The van der Waals surface area contributed by atoms with Crippen LogP contribution in [-0.2, 0) is 9.59 Å². The Bertz CT molecular complexity index is 264. The van der Waals surface area contributed by atoms with Crippen LogP contribution in [0.5, 0.6) is 0 Å². The summed E-state index contributed by atoms with van der Waals surface area (Å²) in [7, 11) is 0. The summed E-state index contributed by atoms with van der Waals surface area (Å²) in [5, 5.41) is 9.12. The normalized spacial score (nSPS) is 13.6. The van der Waals surface area contributed by atoms with E-state index in [1.54, 1.807) is 19.9 Å². The molecule has 0 aliphatic heterocycles. The molecule has 0 aromatic carbocycles. The average Bonchev–Trinajstić information content (AvgIpc) is 2.26. The minimum absolute atomic E-state index is 0.0324. The zero-order valence-electron chi connectivity index (χ0n) is 10.5. The molecule has 0 fully saturated rings. The highest BCUT2D eigenvalue weighted by atomic mass is 16.3. The Balaban J connectivity index is 4.21. The first kappa shape index (κ1) is 15.0. The van der Waals surface area contributed by atoms with Gasteiger partial charge in [0.2, 0.25) is 0 Å². The third-order valence-corrected chi connectivity index (χ3v) is 2.47. The van der Waals surface area contributed by atoms with Gasteiger partial charge in [0, 0.05) is 19.3 Å². The van der Waals surface area contributed by atoms with Crippen molar-refractivity contribution in [3.05, 3.63) is 11.6 Å². The van der Waals surface area contributed by atoms with Crippen molar-refractivity contribution in [1.82, 2.24) is 0 Å². The lowest BCUT2D eigenvalue weighted by atomic mass is 10.0. The molecule has 3 nitrogen and oxygen atoms in total. The second kappa shape index (κ2) is 8.22. The molecule has 0 saturated carbocycles. The van der Waals surface area contributed by atoms with Gasteiger partial charge >= 0.3 is 0 Å². The molecule has 0 radical (unpaired) electrons. The maximum atomic E-state index is 11.7. The van der Waals surface area contributed by atoms with E-state index in [1.807, 2.05) is 6.92 Å². The number of rotatable bonds is 8. The quantitative estimate of drug-likeness (QED) is 0.647. The van der Waals surface area contributed by atoms with Gasteiger partial charge in [-0.1, -0.05) is 19.9 Å². The maximum absolute atomic E-state index is 11.7. The van der Waals surface area contributed by atoms with Crippen molar-refractivity contribution >= 4 is 11.6 Å². The highest BCUT2D eigenvalue weighted by molar-refractivity contribution is 5.97. The molecule has 0 aromatic rings. The maximum Gasteiger partial charge on any atom is 0.158 e. The monoisotopic (exact) mass is 226 g/mol. The van der Waals surface area contributed by atoms with E-state index in [9.17, 15) is 9.59 Å². The fourth-order valence-electron chi connectivity index (χ4n) is 1.36. The summed E-state index contributed by atoms with van der Waals surface area (Å²) in [6.45, 7) is 5.40. The van der Waals surface area contributed by atoms with Gasteiger partial charge in [0.25, 0.3) is 0 Å². The van der Waals surface area contributed by atoms with Crippen LogP contribution in [-0.4, -0.2) is 22.8 Å². The highest BCUT2D eigenvalue weighted by Gasteiger charge is 2.09. The lowest BCUT2D eigenvalue weighted by molar-refractivity contribution is -0.122.